The average molecular weight is 321 g/mol. The number of halogens is 3. The standard InChI is InChI=1S/C18H18F3NO/c1-12-4-6-14(7-5-12)15-8-13(2)9-16(10-15)22(3)17(23)11-18(19,20)21/h4-10H,11H2,1-3H3. The molecule has 5 heteroatoms. The van der Waals surface area contributed by atoms with Crippen molar-refractivity contribution in [2.75, 3.05) is 11.9 Å². The molecule has 0 aliphatic heterocycles. The lowest BCUT2D eigenvalue weighted by Crippen LogP contribution is -2.30. The van der Waals surface area contributed by atoms with E-state index in [1.807, 2.05) is 44.2 Å². The second-order valence-corrected chi connectivity index (χ2v) is 5.67. The van der Waals surface area contributed by atoms with Crippen molar-refractivity contribution in [2.45, 2.75) is 26.4 Å². The van der Waals surface area contributed by atoms with Gasteiger partial charge in [0.1, 0.15) is 6.42 Å². The van der Waals surface area contributed by atoms with Crippen LogP contribution < -0.4 is 4.90 Å². The van der Waals surface area contributed by atoms with Crippen LogP contribution in [0.2, 0.25) is 0 Å². The Labute approximate surface area is 133 Å². The minimum atomic E-state index is -4.51. The van der Waals surface area contributed by atoms with E-state index in [9.17, 15) is 18.0 Å². The van der Waals surface area contributed by atoms with Gasteiger partial charge in [0.2, 0.25) is 5.91 Å². The van der Waals surface area contributed by atoms with E-state index in [1.54, 1.807) is 12.1 Å². The van der Waals surface area contributed by atoms with E-state index >= 15 is 0 Å². The molecule has 0 heterocycles. The highest BCUT2D eigenvalue weighted by atomic mass is 19.4. The SMILES string of the molecule is Cc1ccc(-c2cc(C)cc(N(C)C(=O)CC(F)(F)F)c2)cc1. The Bertz CT molecular complexity index is 705. The van der Waals surface area contributed by atoms with Crippen molar-refractivity contribution in [3.8, 4) is 11.1 Å². The molecule has 0 bridgehead atoms. The first-order valence-electron chi connectivity index (χ1n) is 7.18. The van der Waals surface area contributed by atoms with Crippen molar-refractivity contribution in [2.24, 2.45) is 0 Å². The molecule has 0 aliphatic carbocycles. The predicted molar refractivity (Wildman–Crippen MR) is 85.4 cm³/mol. The molecule has 2 nitrogen and oxygen atoms in total. The van der Waals surface area contributed by atoms with E-state index in [4.69, 9.17) is 0 Å². The molecule has 23 heavy (non-hydrogen) atoms. The fourth-order valence-electron chi connectivity index (χ4n) is 2.30. The quantitative estimate of drug-likeness (QED) is 0.788. The third-order valence-corrected chi connectivity index (χ3v) is 3.56. The number of aryl methyl sites for hydroxylation is 2. The zero-order chi connectivity index (χ0) is 17.2. The van der Waals surface area contributed by atoms with Crippen molar-refractivity contribution in [1.29, 1.82) is 0 Å². The lowest BCUT2D eigenvalue weighted by atomic mass is 10.0. The van der Waals surface area contributed by atoms with Crippen molar-refractivity contribution in [1.82, 2.24) is 0 Å². The molecule has 0 saturated carbocycles. The van der Waals surface area contributed by atoms with Gasteiger partial charge in [-0.25, -0.2) is 0 Å². The van der Waals surface area contributed by atoms with E-state index in [1.165, 1.54) is 7.05 Å². The largest absolute Gasteiger partial charge is 0.397 e. The summed E-state index contributed by atoms with van der Waals surface area (Å²) in [7, 11) is 1.36. The van der Waals surface area contributed by atoms with E-state index in [2.05, 4.69) is 0 Å². The number of hydrogen-bond acceptors (Lipinski definition) is 1. The van der Waals surface area contributed by atoms with Crippen LogP contribution in [-0.4, -0.2) is 19.1 Å². The molecular formula is C18H18F3NO. The first-order valence-corrected chi connectivity index (χ1v) is 7.18. The molecule has 0 saturated heterocycles. The fourth-order valence-corrected chi connectivity index (χ4v) is 2.30. The van der Waals surface area contributed by atoms with Gasteiger partial charge in [-0.2, -0.15) is 13.2 Å². The maximum absolute atomic E-state index is 12.4. The van der Waals surface area contributed by atoms with Crippen LogP contribution in [0.4, 0.5) is 18.9 Å². The molecule has 0 spiro atoms. The van der Waals surface area contributed by atoms with Gasteiger partial charge in [-0.05, 0) is 42.7 Å². The number of nitrogens with zero attached hydrogens (tertiary/aromatic N) is 1. The Kier molecular flexibility index (Phi) is 4.78. The van der Waals surface area contributed by atoms with Gasteiger partial charge in [-0.3, -0.25) is 4.79 Å². The van der Waals surface area contributed by atoms with Gasteiger partial charge in [0.05, 0.1) is 0 Å². The summed E-state index contributed by atoms with van der Waals surface area (Å²) in [6.07, 6.45) is -5.97. The van der Waals surface area contributed by atoms with Gasteiger partial charge >= 0.3 is 6.18 Å². The Balaban J connectivity index is 2.33. The Morgan fingerprint density at radius 1 is 0.957 bits per heavy atom. The molecule has 2 rings (SSSR count). The zero-order valence-electron chi connectivity index (χ0n) is 13.2. The minimum Gasteiger partial charge on any atom is -0.315 e. The first-order chi connectivity index (χ1) is 10.7. The summed E-state index contributed by atoms with van der Waals surface area (Å²) < 4.78 is 37.2. The topological polar surface area (TPSA) is 20.3 Å². The molecule has 0 aromatic heterocycles. The molecule has 0 unspecified atom stereocenters. The van der Waals surface area contributed by atoms with E-state index in [0.717, 1.165) is 27.2 Å². The number of carbonyl (C=O) groups is 1. The molecule has 2 aromatic carbocycles. The van der Waals surface area contributed by atoms with Gasteiger partial charge in [-0.15, -0.1) is 0 Å². The highest BCUT2D eigenvalue weighted by molar-refractivity contribution is 5.94. The highest BCUT2D eigenvalue weighted by Crippen LogP contribution is 2.28. The summed E-state index contributed by atoms with van der Waals surface area (Å²) in [4.78, 5) is 12.8. The fraction of sp³-hybridized carbons (Fsp3) is 0.278. The highest BCUT2D eigenvalue weighted by Gasteiger charge is 2.33. The number of hydrogen-bond donors (Lipinski definition) is 0. The molecule has 0 N–H and O–H groups in total. The Morgan fingerprint density at radius 3 is 2.13 bits per heavy atom. The number of rotatable bonds is 3. The lowest BCUT2D eigenvalue weighted by Gasteiger charge is -2.20. The van der Waals surface area contributed by atoms with Crippen LogP contribution in [-0.2, 0) is 4.79 Å². The van der Waals surface area contributed by atoms with E-state index < -0.39 is 18.5 Å². The molecule has 0 radical (unpaired) electrons. The summed E-state index contributed by atoms with van der Waals surface area (Å²) in [6, 6.07) is 13.2. The number of alkyl halides is 3. The van der Waals surface area contributed by atoms with Crippen molar-refractivity contribution in [3.63, 3.8) is 0 Å². The van der Waals surface area contributed by atoms with Crippen LogP contribution in [0.25, 0.3) is 11.1 Å². The minimum absolute atomic E-state index is 0.454. The number of anilines is 1. The van der Waals surface area contributed by atoms with Crippen LogP contribution in [0, 0.1) is 13.8 Å². The third-order valence-electron chi connectivity index (χ3n) is 3.56. The van der Waals surface area contributed by atoms with Crippen LogP contribution in [0.1, 0.15) is 17.5 Å². The van der Waals surface area contributed by atoms with E-state index in [-0.39, 0.29) is 0 Å². The van der Waals surface area contributed by atoms with Crippen molar-refractivity contribution in [3.05, 3.63) is 53.6 Å². The maximum Gasteiger partial charge on any atom is 0.397 e. The van der Waals surface area contributed by atoms with Gasteiger partial charge in [-0.1, -0.05) is 35.9 Å². The zero-order valence-corrected chi connectivity index (χ0v) is 13.2. The van der Waals surface area contributed by atoms with E-state index in [0.29, 0.717) is 5.69 Å². The molecule has 2 aromatic rings. The molecule has 1 amide bonds. The Morgan fingerprint density at radius 2 is 1.57 bits per heavy atom. The molecule has 122 valence electrons. The normalized spacial score (nSPS) is 11.4. The summed E-state index contributed by atoms with van der Waals surface area (Å²) in [5.74, 6) is -0.974. The summed E-state index contributed by atoms with van der Waals surface area (Å²) in [6.45, 7) is 3.83. The van der Waals surface area contributed by atoms with Crippen LogP contribution in [0.3, 0.4) is 0 Å². The molecule has 0 fully saturated rings. The molecule has 0 atom stereocenters. The van der Waals surface area contributed by atoms with Crippen LogP contribution >= 0.6 is 0 Å². The van der Waals surface area contributed by atoms with Gasteiger partial charge in [0.15, 0.2) is 0 Å². The Hall–Kier alpha value is -2.30. The predicted octanol–water partition coefficient (Wildman–Crippen LogP) is 4.89. The maximum atomic E-state index is 12.4. The second-order valence-electron chi connectivity index (χ2n) is 5.67. The molecular weight excluding hydrogens is 303 g/mol. The van der Waals surface area contributed by atoms with Crippen LogP contribution in [0.5, 0.6) is 0 Å². The average Bonchev–Trinajstić information content (AvgIpc) is 2.44. The van der Waals surface area contributed by atoms with Crippen molar-refractivity contribution >= 4 is 11.6 Å². The van der Waals surface area contributed by atoms with Gasteiger partial charge in [0.25, 0.3) is 0 Å². The van der Waals surface area contributed by atoms with Crippen LogP contribution in [0.15, 0.2) is 42.5 Å². The third kappa shape index (κ3) is 4.58. The van der Waals surface area contributed by atoms with Gasteiger partial charge in [0, 0.05) is 12.7 Å². The number of carbonyl (C=O) groups excluding carboxylic acids is 1. The summed E-state index contributed by atoms with van der Waals surface area (Å²) >= 11 is 0. The summed E-state index contributed by atoms with van der Waals surface area (Å²) in [5, 5.41) is 0. The monoisotopic (exact) mass is 321 g/mol. The van der Waals surface area contributed by atoms with Gasteiger partial charge < -0.3 is 4.90 Å². The second kappa shape index (κ2) is 6.44. The smallest absolute Gasteiger partial charge is 0.315 e. The van der Waals surface area contributed by atoms with Crippen molar-refractivity contribution < 1.29 is 18.0 Å². The number of amides is 1. The first kappa shape index (κ1) is 17.1. The molecule has 0 aliphatic rings. The summed E-state index contributed by atoms with van der Waals surface area (Å²) in [5.41, 5.74) is 4.28. The number of benzene rings is 2. The lowest BCUT2D eigenvalue weighted by molar-refractivity contribution is -0.151.